The molecule has 0 bridgehead atoms. The molecule has 0 saturated carbocycles. The van der Waals surface area contributed by atoms with Crippen LogP contribution in [-0.2, 0) is 14.4 Å². The lowest BCUT2D eigenvalue weighted by Gasteiger charge is -2.14. The normalized spacial score (nSPS) is 15.9. The maximum absolute atomic E-state index is 11.1. The number of carbonyl (C=O) groups excluding carboxylic acids is 6. The molecule has 5 fully saturated rings. The average Bonchev–Trinajstić information content (AvgIpc) is 4.15. The molecule has 3 aromatic rings. The van der Waals surface area contributed by atoms with Crippen LogP contribution in [0.25, 0.3) is 0 Å². The van der Waals surface area contributed by atoms with E-state index in [4.69, 9.17) is 57.7 Å². The standard InChI is InChI=1S/2C7H8O2.C6H10N2O2.2C6H10N2OS.C6H10N2S2.C5H8N2O2.C5H7NO/c1-5-4-9-6(2)3-7(5)8;1-5-3-9-4-6(2)7(5)8;1-3-8-4-5(9)7(2)6(8)10;1-3-8-4-5(10)7(2)6(8)9;2*1-3-8-4-5(9)7(2)6(8)10;1-6-3-4(8)7(2)5(6)9;1-4-3-7-6-5(4)2/h2*3-4H,1-2H3;4*3-4H2,1-2H3;3H2,1-2H3;3H,1-2H3. The number of rotatable bonds is 4. The van der Waals surface area contributed by atoms with E-state index in [0.29, 0.717) is 52.2 Å². The summed E-state index contributed by atoms with van der Waals surface area (Å²) in [7, 11) is 9.92. The van der Waals surface area contributed by atoms with Gasteiger partial charge in [0.15, 0.2) is 21.1 Å². The number of imide groups is 2. The van der Waals surface area contributed by atoms with Gasteiger partial charge in [-0.2, -0.15) is 0 Å². The first-order valence-corrected chi connectivity index (χ1v) is 24.8. The minimum atomic E-state index is -0.222. The SMILES string of the molecule is CCN1CC(=O)N(C)C1=O.CCN1CC(=O)N(C)C1=S.CCN1CC(=S)N(C)C1=O.CCN1CC(=S)N(C)C1=S.CN1CC(=O)N(C)C1=O.Cc1cc(=O)c(C)co1.Cc1cocc(C)c1=O.Cc1conc1C. The summed E-state index contributed by atoms with van der Waals surface area (Å²) in [5, 5.41) is 5.14. The third kappa shape index (κ3) is 19.4. The van der Waals surface area contributed by atoms with Gasteiger partial charge < -0.3 is 42.8 Å². The number of carbonyl (C=O) groups is 6. The number of likely N-dealkylation sites (N-methyl/N-ethyl adjacent to an activating group) is 10. The third-order valence-corrected chi connectivity index (χ3v) is 13.1. The summed E-state index contributed by atoms with van der Waals surface area (Å²) < 4.78 is 14.4. The van der Waals surface area contributed by atoms with Gasteiger partial charge in [0, 0.05) is 96.8 Å². The molecule has 0 aliphatic carbocycles. The van der Waals surface area contributed by atoms with Crippen molar-refractivity contribution in [2.45, 2.75) is 69.2 Å². The molecule has 74 heavy (non-hydrogen) atoms. The highest BCUT2D eigenvalue weighted by molar-refractivity contribution is 7.82. The van der Waals surface area contributed by atoms with Crippen molar-refractivity contribution in [3.8, 4) is 0 Å². The molecule has 0 spiro atoms. The van der Waals surface area contributed by atoms with Gasteiger partial charge in [0.1, 0.15) is 35.1 Å². The van der Waals surface area contributed by atoms with Crippen LogP contribution in [0.15, 0.2) is 54.1 Å². The monoisotopic (exact) mass is 1110 g/mol. The molecular formula is C48H71N11O11S4. The molecule has 0 aromatic carbocycles. The first-order chi connectivity index (χ1) is 34.5. The predicted molar refractivity (Wildman–Crippen MR) is 297 cm³/mol. The zero-order valence-electron chi connectivity index (χ0n) is 45.3. The Hall–Kier alpha value is -6.51. The second kappa shape index (κ2) is 31.3. The average molecular weight is 1110 g/mol. The molecule has 408 valence electrons. The van der Waals surface area contributed by atoms with Crippen LogP contribution in [0.4, 0.5) is 14.4 Å². The molecule has 5 aliphatic rings. The van der Waals surface area contributed by atoms with Crippen molar-refractivity contribution < 1.29 is 42.1 Å². The molecule has 8 rings (SSSR count). The summed E-state index contributed by atoms with van der Waals surface area (Å²) in [6.07, 6.45) is 6.01. The Labute approximate surface area is 454 Å². The quantitative estimate of drug-likeness (QED) is 0.252. The lowest BCUT2D eigenvalue weighted by molar-refractivity contribution is -0.125. The number of aryl methyl sites for hydroxylation is 6. The highest BCUT2D eigenvalue weighted by Gasteiger charge is 2.32. The van der Waals surface area contributed by atoms with E-state index in [1.165, 1.54) is 58.6 Å². The van der Waals surface area contributed by atoms with Crippen LogP contribution in [0, 0.1) is 41.5 Å². The Bertz CT molecular complexity index is 2420. The van der Waals surface area contributed by atoms with Crippen molar-refractivity contribution in [3.05, 3.63) is 85.3 Å². The molecule has 5 aliphatic heterocycles. The number of nitrogens with zero attached hydrogens (tertiary/aromatic N) is 11. The van der Waals surface area contributed by atoms with Gasteiger partial charge in [-0.05, 0) is 93.7 Å². The van der Waals surface area contributed by atoms with Crippen LogP contribution in [0.3, 0.4) is 0 Å². The minimum absolute atomic E-state index is 0.0208. The van der Waals surface area contributed by atoms with Gasteiger partial charge in [0.25, 0.3) is 0 Å². The summed E-state index contributed by atoms with van der Waals surface area (Å²) in [4.78, 5) is 104. The van der Waals surface area contributed by atoms with E-state index in [0.717, 1.165) is 57.3 Å². The van der Waals surface area contributed by atoms with E-state index in [2.05, 4.69) is 21.5 Å². The summed E-state index contributed by atoms with van der Waals surface area (Å²) in [6.45, 7) is 24.1. The zero-order valence-corrected chi connectivity index (χ0v) is 48.6. The van der Waals surface area contributed by atoms with Crippen molar-refractivity contribution in [1.82, 2.24) is 54.2 Å². The summed E-state index contributed by atoms with van der Waals surface area (Å²) in [5.74, 6) is 0.492. The molecule has 5 saturated heterocycles. The van der Waals surface area contributed by atoms with Crippen molar-refractivity contribution in [3.63, 3.8) is 0 Å². The van der Waals surface area contributed by atoms with Crippen LogP contribution in [-0.4, -0.2) is 211 Å². The zero-order chi connectivity index (χ0) is 56.9. The summed E-state index contributed by atoms with van der Waals surface area (Å²) in [6, 6.07) is 1.09. The van der Waals surface area contributed by atoms with Crippen LogP contribution in [0.5, 0.6) is 0 Å². The smallest absolute Gasteiger partial charge is 0.326 e. The predicted octanol–water partition coefficient (Wildman–Crippen LogP) is 4.85. The third-order valence-electron chi connectivity index (χ3n) is 11.3. The molecule has 8 heterocycles. The fourth-order valence-corrected chi connectivity index (χ4v) is 7.05. The molecule has 26 heteroatoms. The lowest BCUT2D eigenvalue weighted by Crippen LogP contribution is -2.29. The number of amides is 9. The fourth-order valence-electron chi connectivity index (χ4n) is 5.92. The van der Waals surface area contributed by atoms with E-state index in [9.17, 15) is 38.4 Å². The molecule has 22 nitrogen and oxygen atoms in total. The fraction of sp³-hybridized carbons (Fsp3) is 0.521. The van der Waals surface area contributed by atoms with Crippen molar-refractivity contribution >= 4 is 105 Å². The molecule has 0 unspecified atom stereocenters. The van der Waals surface area contributed by atoms with Crippen molar-refractivity contribution in [2.75, 3.05) is 101 Å². The highest BCUT2D eigenvalue weighted by atomic mass is 32.1. The number of thiocarbonyl (C=S) groups is 4. The van der Waals surface area contributed by atoms with Crippen molar-refractivity contribution in [1.29, 1.82) is 0 Å². The van der Waals surface area contributed by atoms with Crippen LogP contribution in [0.2, 0.25) is 0 Å². The van der Waals surface area contributed by atoms with Gasteiger partial charge in [-0.3, -0.25) is 43.6 Å². The van der Waals surface area contributed by atoms with Gasteiger partial charge in [-0.15, -0.1) is 0 Å². The minimum Gasteiger partial charge on any atom is -0.472 e. The maximum Gasteiger partial charge on any atom is 0.326 e. The van der Waals surface area contributed by atoms with Gasteiger partial charge in [0.05, 0.1) is 44.1 Å². The molecular weight excluding hydrogens is 1030 g/mol. The van der Waals surface area contributed by atoms with Crippen molar-refractivity contribution in [2.24, 2.45) is 0 Å². The van der Waals surface area contributed by atoms with Gasteiger partial charge in [-0.1, -0.05) is 29.6 Å². The van der Waals surface area contributed by atoms with Crippen LogP contribution >= 0.6 is 48.9 Å². The first kappa shape index (κ1) is 65.5. The van der Waals surface area contributed by atoms with Gasteiger partial charge in [-0.25, -0.2) is 14.4 Å². The molecule has 0 radical (unpaired) electrons. The largest absolute Gasteiger partial charge is 0.472 e. The maximum atomic E-state index is 11.1. The Morgan fingerprint density at radius 1 is 0.473 bits per heavy atom. The molecule has 0 atom stereocenters. The van der Waals surface area contributed by atoms with Gasteiger partial charge in [0.2, 0.25) is 17.7 Å². The number of hydrogen-bond donors (Lipinski definition) is 0. The summed E-state index contributed by atoms with van der Waals surface area (Å²) >= 11 is 20.1. The van der Waals surface area contributed by atoms with E-state index in [-0.39, 0.29) is 59.8 Å². The van der Waals surface area contributed by atoms with E-state index in [1.807, 2.05) is 51.5 Å². The van der Waals surface area contributed by atoms with Gasteiger partial charge >= 0.3 is 18.1 Å². The van der Waals surface area contributed by atoms with E-state index >= 15 is 0 Å². The second-order valence-electron chi connectivity index (χ2n) is 16.8. The topological polar surface area (TPSA) is 221 Å². The lowest BCUT2D eigenvalue weighted by atomic mass is 10.2. The number of urea groups is 3. The second-order valence-corrected chi connectivity index (χ2v) is 18.5. The number of aromatic nitrogens is 1. The van der Waals surface area contributed by atoms with E-state index < -0.39 is 0 Å². The Morgan fingerprint density at radius 3 is 1.12 bits per heavy atom. The number of hydrogen-bond acceptors (Lipinski definition) is 16. The molecule has 0 N–H and O–H groups in total. The van der Waals surface area contributed by atoms with Crippen LogP contribution < -0.4 is 10.9 Å². The molecule has 3 aromatic heterocycles. The first-order valence-electron chi connectivity index (χ1n) is 23.2. The Kier molecular flexibility index (Phi) is 27.7. The highest BCUT2D eigenvalue weighted by Crippen LogP contribution is 2.10. The summed E-state index contributed by atoms with van der Waals surface area (Å²) in [5.41, 5.74) is 4.17. The Morgan fingerprint density at radius 2 is 0.892 bits per heavy atom. The van der Waals surface area contributed by atoms with E-state index in [1.54, 1.807) is 60.0 Å². The van der Waals surface area contributed by atoms with Crippen LogP contribution in [0.1, 0.15) is 61.4 Å². The Balaban J connectivity index is 0.000000424. The molecule has 9 amide bonds.